The zero-order valence-electron chi connectivity index (χ0n) is 9.79. The Morgan fingerprint density at radius 3 is 2.41 bits per heavy atom. The van der Waals surface area contributed by atoms with Gasteiger partial charge in [0.25, 0.3) is 0 Å². The average Bonchev–Trinajstić information content (AvgIpc) is 2.30. The van der Waals surface area contributed by atoms with Crippen molar-refractivity contribution in [1.29, 1.82) is 0 Å². The van der Waals surface area contributed by atoms with Crippen LogP contribution in [0.5, 0.6) is 0 Å². The van der Waals surface area contributed by atoms with Gasteiger partial charge in [-0.05, 0) is 11.8 Å². The smallest absolute Gasteiger partial charge is 0.323 e. The van der Waals surface area contributed by atoms with E-state index in [1.54, 1.807) is 0 Å². The van der Waals surface area contributed by atoms with E-state index in [0.717, 1.165) is 5.56 Å². The number of carboxylic acids is 1. The van der Waals surface area contributed by atoms with Crippen molar-refractivity contribution in [3.05, 3.63) is 35.9 Å². The number of carbonyl (C=O) groups excluding carboxylic acids is 1. The molecule has 1 unspecified atom stereocenters. The van der Waals surface area contributed by atoms with Gasteiger partial charge in [-0.25, -0.2) is 0 Å². The van der Waals surface area contributed by atoms with Crippen LogP contribution >= 0.6 is 11.8 Å². The van der Waals surface area contributed by atoms with Crippen LogP contribution in [0.4, 0.5) is 0 Å². The Morgan fingerprint density at radius 1 is 1.35 bits per heavy atom. The van der Waals surface area contributed by atoms with Crippen molar-refractivity contribution < 1.29 is 14.7 Å². The molecule has 0 heterocycles. The van der Waals surface area contributed by atoms with Gasteiger partial charge in [-0.15, -0.1) is 11.8 Å². The minimum Gasteiger partial charge on any atom is -0.480 e. The Kier molecular flexibility index (Phi) is 5.03. The standard InChI is InChI=1S/C12H15NO3S/c1-13(8-10(14)15)12(16)11(17-2)9-6-4-3-5-7-9/h3-7,11H,8H2,1-2H3,(H,14,15). The fourth-order valence-electron chi connectivity index (χ4n) is 1.49. The van der Waals surface area contributed by atoms with Gasteiger partial charge in [0.15, 0.2) is 0 Å². The highest BCUT2D eigenvalue weighted by Crippen LogP contribution is 2.28. The molecule has 0 saturated carbocycles. The summed E-state index contributed by atoms with van der Waals surface area (Å²) < 4.78 is 0. The molecule has 1 N–H and O–H groups in total. The van der Waals surface area contributed by atoms with Gasteiger partial charge in [0, 0.05) is 7.05 Å². The molecular weight excluding hydrogens is 238 g/mol. The summed E-state index contributed by atoms with van der Waals surface area (Å²) in [6.45, 7) is -0.275. The molecule has 0 spiro atoms. The first-order chi connectivity index (χ1) is 8.06. The maximum absolute atomic E-state index is 12.1. The van der Waals surface area contributed by atoms with Crippen LogP contribution in [0.3, 0.4) is 0 Å². The van der Waals surface area contributed by atoms with Crippen LogP contribution < -0.4 is 0 Å². The molecule has 1 aromatic rings. The fraction of sp³-hybridized carbons (Fsp3) is 0.333. The van der Waals surface area contributed by atoms with Gasteiger partial charge in [-0.3, -0.25) is 9.59 Å². The molecule has 0 saturated heterocycles. The zero-order chi connectivity index (χ0) is 12.8. The largest absolute Gasteiger partial charge is 0.480 e. The van der Waals surface area contributed by atoms with Crippen molar-refractivity contribution in [3.63, 3.8) is 0 Å². The minimum absolute atomic E-state index is 0.189. The second-order valence-corrected chi connectivity index (χ2v) is 4.56. The number of hydrogen-bond acceptors (Lipinski definition) is 3. The quantitative estimate of drug-likeness (QED) is 0.866. The number of carboxylic acid groups (broad SMARTS) is 1. The van der Waals surface area contributed by atoms with Crippen LogP contribution in [0, 0.1) is 0 Å². The zero-order valence-corrected chi connectivity index (χ0v) is 10.6. The molecule has 17 heavy (non-hydrogen) atoms. The average molecular weight is 253 g/mol. The summed E-state index contributed by atoms with van der Waals surface area (Å²) in [6, 6.07) is 9.35. The van der Waals surface area contributed by atoms with Gasteiger partial charge in [-0.2, -0.15) is 0 Å². The highest BCUT2D eigenvalue weighted by Gasteiger charge is 2.23. The molecule has 0 bridgehead atoms. The van der Waals surface area contributed by atoms with Crippen molar-refractivity contribution in [3.8, 4) is 0 Å². The third-order valence-electron chi connectivity index (χ3n) is 2.31. The molecule has 0 aliphatic rings. The maximum Gasteiger partial charge on any atom is 0.323 e. The minimum atomic E-state index is -1.01. The van der Waals surface area contributed by atoms with Crippen LogP contribution in [0.2, 0.25) is 0 Å². The number of hydrogen-bond donors (Lipinski definition) is 1. The lowest BCUT2D eigenvalue weighted by molar-refractivity contribution is -0.143. The second-order valence-electron chi connectivity index (χ2n) is 3.61. The van der Waals surface area contributed by atoms with Crippen molar-refractivity contribution in [2.45, 2.75) is 5.25 Å². The van der Waals surface area contributed by atoms with Gasteiger partial charge in [0.1, 0.15) is 11.8 Å². The number of thioether (sulfide) groups is 1. The topological polar surface area (TPSA) is 57.6 Å². The van der Waals surface area contributed by atoms with Gasteiger partial charge in [-0.1, -0.05) is 30.3 Å². The van der Waals surface area contributed by atoms with E-state index in [-0.39, 0.29) is 17.7 Å². The van der Waals surface area contributed by atoms with Gasteiger partial charge in [0.2, 0.25) is 5.91 Å². The van der Waals surface area contributed by atoms with Gasteiger partial charge in [0.05, 0.1) is 0 Å². The first kappa shape index (κ1) is 13.6. The summed E-state index contributed by atoms with van der Waals surface area (Å²) in [5, 5.41) is 8.31. The fourth-order valence-corrected chi connectivity index (χ4v) is 2.30. The molecule has 1 atom stereocenters. The van der Waals surface area contributed by atoms with E-state index in [9.17, 15) is 9.59 Å². The lowest BCUT2D eigenvalue weighted by Crippen LogP contribution is -2.34. The van der Waals surface area contributed by atoms with E-state index in [1.807, 2.05) is 36.6 Å². The van der Waals surface area contributed by atoms with Crippen molar-refractivity contribution in [2.75, 3.05) is 19.8 Å². The molecule has 0 aliphatic heterocycles. The normalized spacial score (nSPS) is 11.9. The number of benzene rings is 1. The third kappa shape index (κ3) is 3.78. The van der Waals surface area contributed by atoms with Gasteiger partial charge >= 0.3 is 5.97 Å². The number of carbonyl (C=O) groups is 2. The van der Waals surface area contributed by atoms with Crippen molar-refractivity contribution in [2.24, 2.45) is 0 Å². The summed E-state index contributed by atoms with van der Waals surface area (Å²) in [5.74, 6) is -1.19. The monoisotopic (exact) mass is 253 g/mol. The van der Waals surface area contributed by atoms with Crippen molar-refractivity contribution >= 4 is 23.6 Å². The van der Waals surface area contributed by atoms with Crippen LogP contribution in [-0.4, -0.2) is 41.7 Å². The summed E-state index contributed by atoms with van der Waals surface area (Å²) in [7, 11) is 1.50. The molecule has 92 valence electrons. The Balaban J connectivity index is 2.81. The number of likely N-dealkylation sites (N-methyl/N-ethyl adjacent to an activating group) is 1. The summed E-state index contributed by atoms with van der Waals surface area (Å²) >= 11 is 1.40. The number of aliphatic carboxylic acids is 1. The molecule has 0 aromatic heterocycles. The van der Waals surface area contributed by atoms with Gasteiger partial charge < -0.3 is 10.0 Å². The van der Waals surface area contributed by atoms with Crippen LogP contribution in [0.1, 0.15) is 10.8 Å². The number of amides is 1. The Labute approximate surface area is 105 Å². The molecule has 1 rings (SSSR count). The molecule has 0 fully saturated rings. The molecule has 4 nitrogen and oxygen atoms in total. The van der Waals surface area contributed by atoms with E-state index in [1.165, 1.54) is 23.7 Å². The van der Waals surface area contributed by atoms with E-state index in [0.29, 0.717) is 0 Å². The van der Waals surface area contributed by atoms with E-state index in [2.05, 4.69) is 0 Å². The van der Waals surface area contributed by atoms with Crippen LogP contribution in [-0.2, 0) is 9.59 Å². The first-order valence-electron chi connectivity index (χ1n) is 5.10. The van der Waals surface area contributed by atoms with Crippen molar-refractivity contribution in [1.82, 2.24) is 4.90 Å². The first-order valence-corrected chi connectivity index (χ1v) is 6.39. The second kappa shape index (κ2) is 6.30. The lowest BCUT2D eigenvalue weighted by Gasteiger charge is -2.21. The summed E-state index contributed by atoms with van der Waals surface area (Å²) in [4.78, 5) is 23.8. The molecule has 5 heteroatoms. The van der Waals surface area contributed by atoms with Crippen LogP contribution in [0.15, 0.2) is 30.3 Å². The molecule has 1 aromatic carbocycles. The Hall–Kier alpha value is -1.49. The predicted molar refractivity (Wildman–Crippen MR) is 68.0 cm³/mol. The highest BCUT2D eigenvalue weighted by molar-refractivity contribution is 7.99. The SMILES string of the molecule is CSC(C(=O)N(C)CC(=O)O)c1ccccc1. The summed E-state index contributed by atoms with van der Waals surface area (Å²) in [6.07, 6.45) is 1.84. The number of rotatable bonds is 5. The molecule has 0 radical (unpaired) electrons. The molecule has 0 aliphatic carbocycles. The third-order valence-corrected chi connectivity index (χ3v) is 3.26. The van der Waals surface area contributed by atoms with E-state index >= 15 is 0 Å². The molecule has 1 amide bonds. The number of nitrogens with zero attached hydrogens (tertiary/aromatic N) is 1. The van der Waals surface area contributed by atoms with E-state index < -0.39 is 5.97 Å². The maximum atomic E-state index is 12.1. The molecular formula is C12H15NO3S. The van der Waals surface area contributed by atoms with Crippen LogP contribution in [0.25, 0.3) is 0 Å². The summed E-state index contributed by atoms with van der Waals surface area (Å²) in [5.41, 5.74) is 0.891. The predicted octanol–water partition coefficient (Wildman–Crippen LogP) is 1.63. The highest BCUT2D eigenvalue weighted by atomic mass is 32.2. The lowest BCUT2D eigenvalue weighted by atomic mass is 10.1. The Bertz CT molecular complexity index is 394. The Morgan fingerprint density at radius 2 is 1.94 bits per heavy atom. The van der Waals surface area contributed by atoms with E-state index in [4.69, 9.17) is 5.11 Å².